The summed E-state index contributed by atoms with van der Waals surface area (Å²) in [5, 5.41) is 3.69. The molecule has 4 nitrogen and oxygen atoms in total. The Kier molecular flexibility index (Phi) is 4.44. The summed E-state index contributed by atoms with van der Waals surface area (Å²) in [6.07, 6.45) is 0. The van der Waals surface area contributed by atoms with Gasteiger partial charge in [-0.25, -0.2) is 9.69 Å². The number of hydrogen-bond donors (Lipinski definition) is 1. The standard InChI is InChI=1S/C17H17N3OS/c1-13-7-5-6-10-15(13)20(17-18-11-12-22-17)16(21)19-14-8-3-2-4-9-14/h2-10H,11-12H2,1H3,(H,19,21). The van der Waals surface area contributed by atoms with Crippen molar-refractivity contribution in [3.8, 4) is 0 Å². The summed E-state index contributed by atoms with van der Waals surface area (Å²) in [7, 11) is 0. The Morgan fingerprint density at radius 2 is 1.86 bits per heavy atom. The summed E-state index contributed by atoms with van der Waals surface area (Å²) in [5.74, 6) is 0.913. The van der Waals surface area contributed by atoms with Crippen LogP contribution in [0.25, 0.3) is 0 Å². The molecule has 112 valence electrons. The molecule has 2 aromatic rings. The molecule has 0 radical (unpaired) electrons. The second-order valence-electron chi connectivity index (χ2n) is 4.93. The number of carbonyl (C=O) groups is 1. The number of aryl methyl sites for hydroxylation is 1. The van der Waals surface area contributed by atoms with Gasteiger partial charge in [-0.2, -0.15) is 0 Å². The summed E-state index contributed by atoms with van der Waals surface area (Å²) in [5.41, 5.74) is 2.68. The van der Waals surface area contributed by atoms with Crippen molar-refractivity contribution in [2.45, 2.75) is 6.92 Å². The molecule has 0 atom stereocenters. The normalized spacial score (nSPS) is 13.6. The number of thioether (sulfide) groups is 1. The molecule has 3 rings (SSSR count). The van der Waals surface area contributed by atoms with Gasteiger partial charge in [-0.3, -0.25) is 4.99 Å². The van der Waals surface area contributed by atoms with Crippen molar-refractivity contribution >= 4 is 34.3 Å². The van der Waals surface area contributed by atoms with Crippen LogP contribution >= 0.6 is 11.8 Å². The zero-order chi connectivity index (χ0) is 15.4. The van der Waals surface area contributed by atoms with Gasteiger partial charge in [-0.1, -0.05) is 48.2 Å². The minimum atomic E-state index is -0.186. The number of para-hydroxylation sites is 2. The monoisotopic (exact) mass is 311 g/mol. The van der Waals surface area contributed by atoms with Gasteiger partial charge in [0.2, 0.25) is 0 Å². The zero-order valence-electron chi connectivity index (χ0n) is 12.3. The number of aliphatic imine (C=N–C) groups is 1. The Morgan fingerprint density at radius 1 is 1.14 bits per heavy atom. The second kappa shape index (κ2) is 6.66. The topological polar surface area (TPSA) is 44.7 Å². The lowest BCUT2D eigenvalue weighted by molar-refractivity contribution is 0.259. The molecule has 22 heavy (non-hydrogen) atoms. The third-order valence-corrected chi connectivity index (χ3v) is 4.30. The predicted octanol–water partition coefficient (Wildman–Crippen LogP) is 4.14. The molecule has 1 aliphatic heterocycles. The summed E-state index contributed by atoms with van der Waals surface area (Å²) in [6, 6.07) is 17.1. The molecule has 0 spiro atoms. The summed E-state index contributed by atoms with van der Waals surface area (Å²) in [6.45, 7) is 2.75. The summed E-state index contributed by atoms with van der Waals surface area (Å²) >= 11 is 1.61. The highest BCUT2D eigenvalue weighted by Gasteiger charge is 2.25. The van der Waals surface area contributed by atoms with E-state index >= 15 is 0 Å². The van der Waals surface area contributed by atoms with E-state index in [0.717, 1.165) is 34.4 Å². The smallest absolute Gasteiger partial charge is 0.307 e. The third kappa shape index (κ3) is 3.14. The molecular weight excluding hydrogens is 294 g/mol. The molecule has 0 saturated carbocycles. The Morgan fingerprint density at radius 3 is 2.55 bits per heavy atom. The first-order valence-electron chi connectivity index (χ1n) is 7.15. The lowest BCUT2D eigenvalue weighted by Gasteiger charge is -2.24. The maximum absolute atomic E-state index is 12.8. The van der Waals surface area contributed by atoms with Crippen LogP contribution in [0.1, 0.15) is 5.56 Å². The maximum atomic E-state index is 12.8. The fourth-order valence-electron chi connectivity index (χ4n) is 2.27. The summed E-state index contributed by atoms with van der Waals surface area (Å²) in [4.78, 5) is 18.9. The molecular formula is C17H17N3OS. The van der Waals surface area contributed by atoms with Gasteiger partial charge in [0.05, 0.1) is 12.2 Å². The van der Waals surface area contributed by atoms with Gasteiger partial charge < -0.3 is 5.32 Å². The van der Waals surface area contributed by atoms with Crippen LogP contribution in [0.2, 0.25) is 0 Å². The fraction of sp³-hybridized carbons (Fsp3) is 0.176. The molecule has 2 amide bonds. The molecule has 5 heteroatoms. The number of hydrogen-bond acceptors (Lipinski definition) is 3. The SMILES string of the molecule is Cc1ccccc1N(C(=O)Nc1ccccc1)C1=NCCS1. The van der Waals surface area contributed by atoms with Gasteiger partial charge in [0.25, 0.3) is 0 Å². The number of carbonyl (C=O) groups excluding carboxylic acids is 1. The Hall–Kier alpha value is -2.27. The number of anilines is 2. The average Bonchev–Trinajstić information content (AvgIpc) is 3.04. The highest BCUT2D eigenvalue weighted by molar-refractivity contribution is 8.14. The Balaban J connectivity index is 1.92. The molecule has 0 unspecified atom stereocenters. The second-order valence-corrected chi connectivity index (χ2v) is 5.99. The third-order valence-electron chi connectivity index (χ3n) is 3.35. The fourth-order valence-corrected chi connectivity index (χ4v) is 3.13. The first kappa shape index (κ1) is 14.7. The van der Waals surface area contributed by atoms with Crippen molar-refractivity contribution in [1.82, 2.24) is 0 Å². The molecule has 2 aromatic carbocycles. The highest BCUT2D eigenvalue weighted by atomic mass is 32.2. The van der Waals surface area contributed by atoms with Crippen molar-refractivity contribution in [3.05, 3.63) is 60.2 Å². The minimum Gasteiger partial charge on any atom is -0.307 e. The predicted molar refractivity (Wildman–Crippen MR) is 93.9 cm³/mol. The van der Waals surface area contributed by atoms with Crippen molar-refractivity contribution < 1.29 is 4.79 Å². The number of benzene rings is 2. The van der Waals surface area contributed by atoms with Crippen molar-refractivity contribution in [2.75, 3.05) is 22.5 Å². The first-order chi connectivity index (χ1) is 10.8. The molecule has 1 N–H and O–H groups in total. The van der Waals surface area contributed by atoms with E-state index < -0.39 is 0 Å². The zero-order valence-corrected chi connectivity index (χ0v) is 13.1. The number of urea groups is 1. The van der Waals surface area contributed by atoms with Crippen LogP contribution in [0.5, 0.6) is 0 Å². The molecule has 0 bridgehead atoms. The van der Waals surface area contributed by atoms with E-state index in [1.165, 1.54) is 0 Å². The van der Waals surface area contributed by atoms with Crippen molar-refractivity contribution in [2.24, 2.45) is 4.99 Å². The Bertz CT molecular complexity index is 700. The van der Waals surface area contributed by atoms with Crippen LogP contribution < -0.4 is 10.2 Å². The van der Waals surface area contributed by atoms with Gasteiger partial charge in [-0.15, -0.1) is 0 Å². The van der Waals surface area contributed by atoms with E-state index in [-0.39, 0.29) is 6.03 Å². The van der Waals surface area contributed by atoms with E-state index in [4.69, 9.17) is 0 Å². The quantitative estimate of drug-likeness (QED) is 0.906. The van der Waals surface area contributed by atoms with E-state index in [2.05, 4.69) is 10.3 Å². The van der Waals surface area contributed by atoms with Gasteiger partial charge in [0.1, 0.15) is 0 Å². The lowest BCUT2D eigenvalue weighted by atomic mass is 10.2. The molecule has 1 heterocycles. The van der Waals surface area contributed by atoms with Crippen LogP contribution in [0.15, 0.2) is 59.6 Å². The lowest BCUT2D eigenvalue weighted by Crippen LogP contribution is -2.38. The first-order valence-corrected chi connectivity index (χ1v) is 8.13. The molecule has 0 aromatic heterocycles. The van der Waals surface area contributed by atoms with Crippen molar-refractivity contribution in [1.29, 1.82) is 0 Å². The average molecular weight is 311 g/mol. The van der Waals surface area contributed by atoms with Crippen LogP contribution in [-0.2, 0) is 0 Å². The van der Waals surface area contributed by atoms with Gasteiger partial charge in [-0.05, 0) is 30.7 Å². The molecule has 0 fully saturated rings. The highest BCUT2D eigenvalue weighted by Crippen LogP contribution is 2.26. The van der Waals surface area contributed by atoms with Crippen LogP contribution in [-0.4, -0.2) is 23.5 Å². The number of nitrogens with zero attached hydrogens (tertiary/aromatic N) is 2. The van der Waals surface area contributed by atoms with Gasteiger partial charge >= 0.3 is 6.03 Å². The van der Waals surface area contributed by atoms with E-state index in [1.54, 1.807) is 16.7 Å². The van der Waals surface area contributed by atoms with Crippen LogP contribution in [0.4, 0.5) is 16.2 Å². The number of amidine groups is 1. The Labute approximate surface area is 134 Å². The summed E-state index contributed by atoms with van der Waals surface area (Å²) < 4.78 is 0. The number of amides is 2. The van der Waals surface area contributed by atoms with Gasteiger partial charge in [0, 0.05) is 11.4 Å². The largest absolute Gasteiger partial charge is 0.332 e. The maximum Gasteiger partial charge on any atom is 0.332 e. The van der Waals surface area contributed by atoms with Crippen LogP contribution in [0.3, 0.4) is 0 Å². The van der Waals surface area contributed by atoms with Crippen molar-refractivity contribution in [3.63, 3.8) is 0 Å². The molecule has 1 aliphatic rings. The number of nitrogens with one attached hydrogen (secondary N) is 1. The number of rotatable bonds is 2. The minimum absolute atomic E-state index is 0.186. The van der Waals surface area contributed by atoms with E-state index in [1.807, 2.05) is 61.5 Å². The van der Waals surface area contributed by atoms with Crippen LogP contribution in [0, 0.1) is 6.92 Å². The van der Waals surface area contributed by atoms with Gasteiger partial charge in [0.15, 0.2) is 5.17 Å². The van der Waals surface area contributed by atoms with E-state index in [9.17, 15) is 4.79 Å². The van der Waals surface area contributed by atoms with E-state index in [0.29, 0.717) is 0 Å². The molecule has 0 saturated heterocycles. The molecule has 0 aliphatic carbocycles.